The van der Waals surface area contributed by atoms with Gasteiger partial charge in [0, 0.05) is 0 Å². The molecule has 11 heteroatoms. The molecule has 8 N–H and O–H groups in total. The second-order valence-corrected chi connectivity index (χ2v) is 4.12. The van der Waals surface area contributed by atoms with Crippen LogP contribution in [0, 0.1) is 0 Å². The topological polar surface area (TPSA) is 183 Å². The van der Waals surface area contributed by atoms with Crippen LogP contribution < -0.4 is 11.2 Å². The van der Waals surface area contributed by atoms with Crippen molar-refractivity contribution >= 4 is 11.9 Å². The number of carbonyl (C=O) groups is 1. The summed E-state index contributed by atoms with van der Waals surface area (Å²) in [6, 6.07) is 0. The van der Waals surface area contributed by atoms with E-state index in [4.69, 9.17) is 25.5 Å². The summed E-state index contributed by atoms with van der Waals surface area (Å²) >= 11 is 0. The van der Waals surface area contributed by atoms with Crippen LogP contribution in [-0.4, -0.2) is 61.4 Å². The number of nitrogens with zero attached hydrogens (tertiary/aromatic N) is 1. The minimum Gasteiger partial charge on any atom is -0.464 e. The lowest BCUT2D eigenvalue weighted by molar-refractivity contribution is -0.292. The van der Waals surface area contributed by atoms with Crippen LogP contribution in [0.4, 0.5) is 10.6 Å². The Labute approximate surface area is 111 Å². The summed E-state index contributed by atoms with van der Waals surface area (Å²) in [5.74, 6) is -2.23. The molecule has 0 bridgehead atoms. The first-order valence-electron chi connectivity index (χ1n) is 5.53. The lowest BCUT2D eigenvalue weighted by Crippen LogP contribution is -2.47. The van der Waals surface area contributed by atoms with Crippen LogP contribution in [0.3, 0.4) is 0 Å². The molecule has 4 atom stereocenters. The number of carboxylic acid groups (broad SMARTS) is 1. The van der Waals surface area contributed by atoms with Crippen molar-refractivity contribution in [2.24, 2.45) is 0 Å². The highest BCUT2D eigenvalue weighted by atomic mass is 16.8. The van der Waals surface area contributed by atoms with Crippen LogP contribution in [0.5, 0.6) is 0 Å². The molecular weight excluding hydrogens is 276 g/mol. The fraction of sp³-hybridized carbons (Fsp3) is 0.556. The average molecular weight is 290 g/mol. The van der Waals surface area contributed by atoms with Crippen LogP contribution in [0.15, 0.2) is 6.33 Å². The molecule has 2 rings (SSSR count). The molecular formula is C9H14N4O7. The number of aromatic amines is 1. The molecule has 0 saturated carbocycles. The van der Waals surface area contributed by atoms with Gasteiger partial charge in [0.2, 0.25) is 0 Å². The summed E-state index contributed by atoms with van der Waals surface area (Å²) < 4.78 is 5.24. The first-order valence-corrected chi connectivity index (χ1v) is 5.53. The monoisotopic (exact) mass is 290 g/mol. The van der Waals surface area contributed by atoms with Gasteiger partial charge >= 0.3 is 6.09 Å². The third-order valence-electron chi connectivity index (χ3n) is 2.89. The van der Waals surface area contributed by atoms with E-state index in [0.29, 0.717) is 0 Å². The van der Waals surface area contributed by atoms with E-state index in [2.05, 4.69) is 9.97 Å². The van der Waals surface area contributed by atoms with E-state index in [1.54, 1.807) is 5.48 Å². The first kappa shape index (κ1) is 14.5. The number of nitrogens with one attached hydrogen (secondary N) is 2. The van der Waals surface area contributed by atoms with Crippen molar-refractivity contribution in [3.05, 3.63) is 12.0 Å². The Morgan fingerprint density at radius 1 is 1.65 bits per heavy atom. The number of aliphatic hydroxyl groups excluding tert-OH is 3. The Balaban J connectivity index is 2.40. The van der Waals surface area contributed by atoms with Crippen LogP contribution in [0.2, 0.25) is 0 Å². The molecule has 112 valence electrons. The fourth-order valence-corrected chi connectivity index (χ4v) is 1.97. The maximum atomic E-state index is 10.5. The summed E-state index contributed by atoms with van der Waals surface area (Å²) in [6.07, 6.45) is -4.83. The summed E-state index contributed by atoms with van der Waals surface area (Å²) in [4.78, 5) is 21.7. The number of nitrogen functional groups attached to an aromatic ring is 1. The zero-order valence-corrected chi connectivity index (χ0v) is 10.1. The molecule has 1 aliphatic heterocycles. The molecule has 1 aromatic rings. The van der Waals surface area contributed by atoms with Gasteiger partial charge in [-0.25, -0.2) is 14.6 Å². The molecule has 1 aliphatic rings. The highest BCUT2D eigenvalue weighted by Gasteiger charge is 2.59. The van der Waals surface area contributed by atoms with Gasteiger partial charge in [-0.05, 0) is 0 Å². The van der Waals surface area contributed by atoms with E-state index in [9.17, 15) is 15.0 Å². The number of imidazole rings is 1. The number of aromatic nitrogens is 2. The predicted octanol–water partition coefficient (Wildman–Crippen LogP) is -2.54. The first-order chi connectivity index (χ1) is 9.42. The minimum absolute atomic E-state index is 0.0537. The van der Waals surface area contributed by atoms with E-state index in [1.165, 1.54) is 6.33 Å². The second-order valence-electron chi connectivity index (χ2n) is 4.12. The Morgan fingerprint density at radius 3 is 2.80 bits per heavy atom. The van der Waals surface area contributed by atoms with Gasteiger partial charge in [0.1, 0.15) is 29.8 Å². The van der Waals surface area contributed by atoms with E-state index in [-0.39, 0.29) is 11.5 Å². The molecule has 11 nitrogen and oxygen atoms in total. The van der Waals surface area contributed by atoms with Crippen molar-refractivity contribution in [2.75, 3.05) is 12.3 Å². The zero-order valence-electron chi connectivity index (χ0n) is 10.1. The van der Waals surface area contributed by atoms with Gasteiger partial charge in [-0.2, -0.15) is 5.48 Å². The summed E-state index contributed by atoms with van der Waals surface area (Å²) in [6.45, 7) is -0.624. The largest absolute Gasteiger partial charge is 0.464 e. The van der Waals surface area contributed by atoms with Crippen LogP contribution in [0.25, 0.3) is 0 Å². The highest BCUT2D eigenvalue weighted by molar-refractivity contribution is 5.63. The Hall–Kier alpha value is -1.92. The van der Waals surface area contributed by atoms with Crippen molar-refractivity contribution in [3.63, 3.8) is 0 Å². The van der Waals surface area contributed by atoms with Crippen molar-refractivity contribution in [1.29, 1.82) is 0 Å². The van der Waals surface area contributed by atoms with Gasteiger partial charge in [0.05, 0.1) is 12.9 Å². The smallest absolute Gasteiger partial charge is 0.428 e. The number of H-pyrrole nitrogens is 1. The quantitative estimate of drug-likeness (QED) is 0.293. The van der Waals surface area contributed by atoms with E-state index >= 15 is 0 Å². The molecule has 1 saturated heterocycles. The predicted molar refractivity (Wildman–Crippen MR) is 60.9 cm³/mol. The van der Waals surface area contributed by atoms with E-state index < -0.39 is 36.8 Å². The van der Waals surface area contributed by atoms with Crippen molar-refractivity contribution < 1.29 is 34.8 Å². The number of aliphatic hydroxyl groups is 3. The van der Waals surface area contributed by atoms with E-state index in [1.807, 2.05) is 0 Å². The Kier molecular flexibility index (Phi) is 3.78. The molecule has 0 aliphatic carbocycles. The second kappa shape index (κ2) is 5.22. The molecule has 1 aromatic heterocycles. The highest BCUT2D eigenvalue weighted by Crippen LogP contribution is 2.41. The molecule has 0 spiro atoms. The van der Waals surface area contributed by atoms with Gasteiger partial charge in [0.15, 0.2) is 0 Å². The molecule has 1 fully saturated rings. The third kappa shape index (κ3) is 2.17. The van der Waals surface area contributed by atoms with Gasteiger partial charge in [-0.15, -0.1) is 0 Å². The minimum atomic E-state index is -2.17. The van der Waals surface area contributed by atoms with Gasteiger partial charge in [-0.1, -0.05) is 0 Å². The fourth-order valence-electron chi connectivity index (χ4n) is 1.97. The third-order valence-corrected chi connectivity index (χ3v) is 2.89. The van der Waals surface area contributed by atoms with E-state index in [0.717, 1.165) is 0 Å². The number of nitrogens with two attached hydrogens (primary N) is 1. The lowest BCUT2D eigenvalue weighted by atomic mass is 10.0. The number of rotatable bonds is 4. The molecule has 0 aromatic carbocycles. The maximum absolute atomic E-state index is 10.5. The van der Waals surface area contributed by atoms with Gasteiger partial charge in [0.25, 0.3) is 5.79 Å². The Morgan fingerprint density at radius 2 is 2.35 bits per heavy atom. The normalized spacial score (nSPS) is 33.2. The van der Waals surface area contributed by atoms with Crippen molar-refractivity contribution in [2.45, 2.75) is 24.1 Å². The number of hydrogen-bond acceptors (Lipinski definition) is 8. The van der Waals surface area contributed by atoms with Crippen LogP contribution in [-0.2, 0) is 15.4 Å². The molecule has 2 heterocycles. The van der Waals surface area contributed by atoms with Crippen molar-refractivity contribution in [1.82, 2.24) is 15.4 Å². The number of hydroxylamine groups is 1. The van der Waals surface area contributed by atoms with Crippen molar-refractivity contribution in [3.8, 4) is 0 Å². The molecule has 1 unspecified atom stereocenters. The summed E-state index contributed by atoms with van der Waals surface area (Å²) in [5, 5.41) is 37.5. The number of hydrogen-bond donors (Lipinski definition) is 7. The molecule has 20 heavy (non-hydrogen) atoms. The number of ether oxygens (including phenoxy) is 1. The standard InChI is InChI=1S/C9H14N4O7/c10-7-5(11-2-12-7)9(20-13-8(17)18)6(16)4(15)3(1-14)19-9/h2-4,6,13-16H,1,10H2,(H,11,12)(H,17,18)/t3-,4-,6-,9?/m1/s1. The molecule has 1 amide bonds. The van der Waals surface area contributed by atoms with Crippen LogP contribution in [0.1, 0.15) is 5.69 Å². The summed E-state index contributed by atoms with van der Waals surface area (Å²) in [5.41, 5.74) is 7.01. The average Bonchev–Trinajstić information content (AvgIpc) is 2.93. The number of anilines is 1. The Bertz CT molecular complexity index is 494. The number of amides is 1. The lowest BCUT2D eigenvalue weighted by Gasteiger charge is -2.29. The summed E-state index contributed by atoms with van der Waals surface area (Å²) in [7, 11) is 0. The van der Waals surface area contributed by atoms with Gasteiger partial charge in [-0.3, -0.25) is 0 Å². The van der Waals surface area contributed by atoms with Gasteiger partial charge < -0.3 is 35.9 Å². The zero-order chi connectivity index (χ0) is 14.9. The maximum Gasteiger partial charge on any atom is 0.428 e. The SMILES string of the molecule is Nc1[nH]cnc1C1(ONC(=O)O)O[C@H](CO)[C@@H](O)[C@H]1O. The van der Waals surface area contributed by atoms with Crippen LogP contribution >= 0.6 is 0 Å². The molecule has 0 radical (unpaired) electrons.